The zero-order chi connectivity index (χ0) is 13.1. The fourth-order valence-corrected chi connectivity index (χ4v) is 3.95. The minimum atomic E-state index is 0.640. The molecule has 0 amide bonds. The van der Waals surface area contributed by atoms with Crippen molar-refractivity contribution in [3.63, 3.8) is 0 Å². The molecule has 0 aromatic carbocycles. The summed E-state index contributed by atoms with van der Waals surface area (Å²) in [7, 11) is 0. The fraction of sp³-hybridized carbons (Fsp3) is 0.812. The molecule has 0 bridgehead atoms. The average Bonchev–Trinajstić information content (AvgIpc) is 3.09. The Balaban J connectivity index is 1.70. The summed E-state index contributed by atoms with van der Waals surface area (Å²) in [4.78, 5) is 4.58. The molecule has 2 fully saturated rings. The Labute approximate surface area is 116 Å². The van der Waals surface area contributed by atoms with Crippen LogP contribution in [0.5, 0.6) is 0 Å². The first-order valence-electron chi connectivity index (χ1n) is 8.18. The van der Waals surface area contributed by atoms with Gasteiger partial charge in [0.25, 0.3) is 0 Å². The van der Waals surface area contributed by atoms with E-state index in [9.17, 15) is 0 Å². The second-order valence-electron chi connectivity index (χ2n) is 6.30. The molecule has 3 nitrogen and oxygen atoms in total. The summed E-state index contributed by atoms with van der Waals surface area (Å²) in [5.41, 5.74) is 0. The lowest BCUT2D eigenvalue weighted by Crippen LogP contribution is -2.33. The van der Waals surface area contributed by atoms with Crippen LogP contribution in [0, 0.1) is 5.92 Å². The van der Waals surface area contributed by atoms with Gasteiger partial charge in [-0.25, -0.2) is 4.98 Å². The number of anilines is 1. The molecule has 3 rings (SSSR count). The third-order valence-electron chi connectivity index (χ3n) is 5.13. The smallest absolute Gasteiger partial charge is 0.203 e. The van der Waals surface area contributed by atoms with Crippen molar-refractivity contribution >= 4 is 5.95 Å². The van der Waals surface area contributed by atoms with Crippen LogP contribution in [0.4, 0.5) is 5.95 Å². The first kappa shape index (κ1) is 13.0. The maximum Gasteiger partial charge on any atom is 0.203 e. The number of imidazole rings is 1. The van der Waals surface area contributed by atoms with E-state index in [1.54, 1.807) is 0 Å². The highest BCUT2D eigenvalue weighted by atomic mass is 15.2. The highest BCUT2D eigenvalue weighted by Gasteiger charge is 2.26. The summed E-state index contributed by atoms with van der Waals surface area (Å²) in [6, 6.07) is 1.33. The van der Waals surface area contributed by atoms with Gasteiger partial charge < -0.3 is 9.88 Å². The van der Waals surface area contributed by atoms with E-state index in [1.165, 1.54) is 57.8 Å². The Morgan fingerprint density at radius 2 is 1.89 bits per heavy atom. The van der Waals surface area contributed by atoms with E-state index in [1.807, 2.05) is 6.20 Å². The van der Waals surface area contributed by atoms with Gasteiger partial charge in [0.2, 0.25) is 5.95 Å². The fourth-order valence-electron chi connectivity index (χ4n) is 3.95. The molecule has 0 saturated heterocycles. The average molecular weight is 261 g/mol. The maximum atomic E-state index is 4.58. The van der Waals surface area contributed by atoms with Crippen molar-refractivity contribution in [2.24, 2.45) is 5.92 Å². The summed E-state index contributed by atoms with van der Waals surface area (Å²) in [6.07, 6.45) is 16.3. The third-order valence-corrected chi connectivity index (χ3v) is 5.13. The molecule has 0 aliphatic heterocycles. The Bertz CT molecular complexity index is 392. The molecule has 1 heterocycles. The standard InChI is InChI=1S/C16H27N3/c1-2-13-7-3-6-10-15(13)18-16-17-11-12-19(16)14-8-4-5-9-14/h11-15H,2-10H2,1H3,(H,17,18). The molecule has 2 saturated carbocycles. The van der Waals surface area contributed by atoms with Crippen molar-refractivity contribution in [1.29, 1.82) is 0 Å². The van der Waals surface area contributed by atoms with E-state index < -0.39 is 0 Å². The van der Waals surface area contributed by atoms with E-state index in [-0.39, 0.29) is 0 Å². The van der Waals surface area contributed by atoms with Gasteiger partial charge in [-0.15, -0.1) is 0 Å². The second-order valence-corrected chi connectivity index (χ2v) is 6.30. The van der Waals surface area contributed by atoms with Crippen molar-refractivity contribution in [3.8, 4) is 0 Å². The zero-order valence-corrected chi connectivity index (χ0v) is 12.1. The number of aromatic nitrogens is 2. The monoisotopic (exact) mass is 261 g/mol. The predicted octanol–water partition coefficient (Wildman–Crippen LogP) is 4.38. The summed E-state index contributed by atoms with van der Waals surface area (Å²) in [5.74, 6) is 1.96. The normalized spacial score (nSPS) is 28.7. The minimum Gasteiger partial charge on any atom is -0.353 e. The number of hydrogen-bond acceptors (Lipinski definition) is 2. The van der Waals surface area contributed by atoms with E-state index in [4.69, 9.17) is 0 Å². The molecular formula is C16H27N3. The van der Waals surface area contributed by atoms with Crippen LogP contribution >= 0.6 is 0 Å². The van der Waals surface area contributed by atoms with Gasteiger partial charge in [-0.1, -0.05) is 39.0 Å². The van der Waals surface area contributed by atoms with Gasteiger partial charge in [-0.2, -0.15) is 0 Å². The zero-order valence-electron chi connectivity index (χ0n) is 12.1. The highest BCUT2D eigenvalue weighted by molar-refractivity contribution is 5.29. The molecule has 2 atom stereocenters. The van der Waals surface area contributed by atoms with Crippen molar-refractivity contribution in [2.75, 3.05) is 5.32 Å². The lowest BCUT2D eigenvalue weighted by molar-refractivity contribution is 0.315. The van der Waals surface area contributed by atoms with E-state index in [2.05, 4.69) is 28.0 Å². The Morgan fingerprint density at radius 3 is 2.68 bits per heavy atom. The van der Waals surface area contributed by atoms with Gasteiger partial charge >= 0.3 is 0 Å². The molecule has 1 N–H and O–H groups in total. The molecule has 1 aromatic heterocycles. The Hall–Kier alpha value is -0.990. The molecule has 3 heteroatoms. The largest absolute Gasteiger partial charge is 0.353 e. The van der Waals surface area contributed by atoms with Crippen LogP contribution in [0.25, 0.3) is 0 Å². The molecule has 2 aliphatic carbocycles. The molecular weight excluding hydrogens is 234 g/mol. The SMILES string of the molecule is CCC1CCCCC1Nc1nccn1C1CCCC1. The van der Waals surface area contributed by atoms with Crippen LogP contribution in [-0.4, -0.2) is 15.6 Å². The van der Waals surface area contributed by atoms with Crippen molar-refractivity contribution in [3.05, 3.63) is 12.4 Å². The predicted molar refractivity (Wildman–Crippen MR) is 79.4 cm³/mol. The first-order chi connectivity index (χ1) is 9.38. The van der Waals surface area contributed by atoms with E-state index in [0.717, 1.165) is 11.9 Å². The van der Waals surface area contributed by atoms with Gasteiger partial charge in [0.05, 0.1) is 0 Å². The number of hydrogen-bond donors (Lipinski definition) is 1. The van der Waals surface area contributed by atoms with Crippen LogP contribution in [0.2, 0.25) is 0 Å². The van der Waals surface area contributed by atoms with Gasteiger partial charge in [0, 0.05) is 24.5 Å². The number of nitrogens with zero attached hydrogens (tertiary/aromatic N) is 2. The maximum absolute atomic E-state index is 4.58. The molecule has 19 heavy (non-hydrogen) atoms. The molecule has 0 radical (unpaired) electrons. The summed E-state index contributed by atoms with van der Waals surface area (Å²) in [5, 5.41) is 3.76. The summed E-state index contributed by atoms with van der Waals surface area (Å²) in [6.45, 7) is 2.33. The minimum absolute atomic E-state index is 0.640. The molecule has 2 aliphatic rings. The van der Waals surface area contributed by atoms with Crippen LogP contribution in [0.15, 0.2) is 12.4 Å². The van der Waals surface area contributed by atoms with E-state index >= 15 is 0 Å². The highest BCUT2D eigenvalue weighted by Crippen LogP contribution is 2.33. The van der Waals surface area contributed by atoms with Gasteiger partial charge in [0.1, 0.15) is 0 Å². The van der Waals surface area contributed by atoms with Gasteiger partial charge in [0.15, 0.2) is 0 Å². The second kappa shape index (κ2) is 5.98. The quantitative estimate of drug-likeness (QED) is 0.871. The van der Waals surface area contributed by atoms with E-state index in [0.29, 0.717) is 12.1 Å². The summed E-state index contributed by atoms with van der Waals surface area (Å²) >= 11 is 0. The lowest BCUT2D eigenvalue weighted by atomic mass is 9.83. The molecule has 1 aromatic rings. The Morgan fingerprint density at radius 1 is 1.16 bits per heavy atom. The first-order valence-corrected chi connectivity index (χ1v) is 8.18. The number of rotatable bonds is 4. The van der Waals surface area contributed by atoms with Crippen LogP contribution in [-0.2, 0) is 0 Å². The molecule has 0 spiro atoms. The van der Waals surface area contributed by atoms with Crippen molar-refractivity contribution < 1.29 is 0 Å². The number of nitrogens with one attached hydrogen (secondary N) is 1. The van der Waals surface area contributed by atoms with Crippen LogP contribution in [0.1, 0.15) is 70.8 Å². The summed E-state index contributed by atoms with van der Waals surface area (Å²) < 4.78 is 2.40. The molecule has 2 unspecified atom stereocenters. The van der Waals surface area contributed by atoms with Crippen molar-refractivity contribution in [1.82, 2.24) is 9.55 Å². The Kier molecular flexibility index (Phi) is 4.09. The lowest BCUT2D eigenvalue weighted by Gasteiger charge is -2.32. The molecule has 106 valence electrons. The van der Waals surface area contributed by atoms with Gasteiger partial charge in [-0.05, 0) is 31.6 Å². The third kappa shape index (κ3) is 2.80. The van der Waals surface area contributed by atoms with Crippen LogP contribution < -0.4 is 5.32 Å². The van der Waals surface area contributed by atoms with Gasteiger partial charge in [-0.3, -0.25) is 0 Å². The van der Waals surface area contributed by atoms with Crippen LogP contribution in [0.3, 0.4) is 0 Å². The topological polar surface area (TPSA) is 29.9 Å². The van der Waals surface area contributed by atoms with Crippen molar-refractivity contribution in [2.45, 2.75) is 76.8 Å².